The third-order valence-corrected chi connectivity index (χ3v) is 6.37. The first-order valence-corrected chi connectivity index (χ1v) is 10.5. The smallest absolute Gasteiger partial charge is 0.251 e. The van der Waals surface area contributed by atoms with Crippen LogP contribution in [0.2, 0.25) is 10.0 Å². The average Bonchev–Trinajstić information content (AvgIpc) is 2.90. The molecule has 27 heavy (non-hydrogen) atoms. The van der Waals surface area contributed by atoms with Crippen LogP contribution in [0.5, 0.6) is 0 Å². The Bertz CT molecular complexity index is 991. The Labute approximate surface area is 167 Å². The summed E-state index contributed by atoms with van der Waals surface area (Å²) in [5.41, 5.74) is 1.25. The van der Waals surface area contributed by atoms with Crippen molar-refractivity contribution in [2.75, 3.05) is 16.6 Å². The minimum absolute atomic E-state index is 0.00418. The fraction of sp³-hybridized carbons (Fsp3) is 0.222. The van der Waals surface area contributed by atoms with Crippen LogP contribution in [0.15, 0.2) is 42.5 Å². The van der Waals surface area contributed by atoms with E-state index >= 15 is 0 Å². The lowest BCUT2D eigenvalue weighted by Gasteiger charge is -2.17. The fourth-order valence-electron chi connectivity index (χ4n) is 2.73. The Morgan fingerprint density at radius 2 is 1.81 bits per heavy atom. The lowest BCUT2D eigenvalue weighted by molar-refractivity contribution is -0.116. The van der Waals surface area contributed by atoms with Crippen molar-refractivity contribution >= 4 is 50.7 Å². The Kier molecular flexibility index (Phi) is 5.74. The normalized spacial score (nSPS) is 15.8. The molecular weight excluding hydrogens is 411 g/mol. The highest BCUT2D eigenvalue weighted by molar-refractivity contribution is 7.94. The van der Waals surface area contributed by atoms with Crippen molar-refractivity contribution < 1.29 is 18.0 Å². The summed E-state index contributed by atoms with van der Waals surface area (Å²) < 4.78 is 24.9. The second kappa shape index (κ2) is 7.88. The van der Waals surface area contributed by atoms with Crippen LogP contribution in [0.4, 0.5) is 5.69 Å². The van der Waals surface area contributed by atoms with Gasteiger partial charge in [0.05, 0.1) is 16.5 Å². The molecule has 1 aliphatic heterocycles. The van der Waals surface area contributed by atoms with Gasteiger partial charge >= 0.3 is 0 Å². The van der Waals surface area contributed by atoms with Crippen LogP contribution in [-0.2, 0) is 21.2 Å². The van der Waals surface area contributed by atoms with Gasteiger partial charge in [-0.1, -0.05) is 35.3 Å². The molecule has 1 fully saturated rings. The number of nitrogens with one attached hydrogen (secondary N) is 1. The van der Waals surface area contributed by atoms with Gasteiger partial charge in [0, 0.05) is 23.6 Å². The molecule has 0 bridgehead atoms. The van der Waals surface area contributed by atoms with E-state index in [0.717, 1.165) is 5.56 Å². The number of rotatable bonds is 5. The second-order valence-electron chi connectivity index (χ2n) is 6.02. The van der Waals surface area contributed by atoms with Crippen LogP contribution in [0.25, 0.3) is 0 Å². The van der Waals surface area contributed by atoms with Crippen molar-refractivity contribution in [3.05, 3.63) is 63.6 Å². The topological polar surface area (TPSA) is 83.6 Å². The molecule has 2 aromatic rings. The van der Waals surface area contributed by atoms with Gasteiger partial charge in [-0.15, -0.1) is 0 Å². The molecule has 0 aromatic heterocycles. The molecule has 0 saturated carbocycles. The summed E-state index contributed by atoms with van der Waals surface area (Å²) in [6.07, 6.45) is 0.512. The molecule has 3 rings (SSSR count). The standard InChI is InChI=1S/C18H16Cl2N2O4S/c19-14-4-1-12(2-5-14)7-9-21-18(24)13-3-6-15(20)16(11-13)22-17(23)8-10-27(22,25)26/h1-6,11H,7-10H2,(H,21,24). The van der Waals surface area contributed by atoms with Gasteiger partial charge in [0.1, 0.15) is 0 Å². The molecule has 2 aromatic carbocycles. The Balaban J connectivity index is 1.72. The van der Waals surface area contributed by atoms with Crippen LogP contribution >= 0.6 is 23.2 Å². The van der Waals surface area contributed by atoms with Gasteiger partial charge in [0.15, 0.2) is 0 Å². The maximum absolute atomic E-state index is 12.4. The predicted molar refractivity (Wildman–Crippen MR) is 105 cm³/mol. The van der Waals surface area contributed by atoms with E-state index in [-0.39, 0.29) is 34.4 Å². The lowest BCUT2D eigenvalue weighted by atomic mass is 10.1. The van der Waals surface area contributed by atoms with E-state index in [9.17, 15) is 18.0 Å². The number of carbonyl (C=O) groups excluding carboxylic acids is 2. The minimum atomic E-state index is -3.75. The first-order valence-electron chi connectivity index (χ1n) is 8.16. The molecule has 142 valence electrons. The van der Waals surface area contributed by atoms with E-state index in [1.165, 1.54) is 18.2 Å². The van der Waals surface area contributed by atoms with Crippen molar-refractivity contribution in [3.63, 3.8) is 0 Å². The molecule has 1 aliphatic rings. The SMILES string of the molecule is O=C(NCCc1ccc(Cl)cc1)c1ccc(Cl)c(N2C(=O)CCS2(=O)=O)c1. The second-order valence-corrected chi connectivity index (χ2v) is 8.80. The van der Waals surface area contributed by atoms with E-state index in [0.29, 0.717) is 22.3 Å². The Morgan fingerprint density at radius 1 is 1.11 bits per heavy atom. The van der Waals surface area contributed by atoms with Crippen LogP contribution in [-0.4, -0.2) is 32.5 Å². The quantitative estimate of drug-likeness (QED) is 0.795. The van der Waals surface area contributed by atoms with Crippen molar-refractivity contribution in [1.82, 2.24) is 5.32 Å². The molecule has 1 saturated heterocycles. The number of halogens is 2. The molecule has 2 amide bonds. The van der Waals surface area contributed by atoms with E-state index in [2.05, 4.69) is 5.32 Å². The number of hydrogen-bond donors (Lipinski definition) is 1. The number of anilines is 1. The van der Waals surface area contributed by atoms with E-state index < -0.39 is 15.9 Å². The largest absolute Gasteiger partial charge is 0.352 e. The Hall–Kier alpha value is -2.09. The zero-order chi connectivity index (χ0) is 19.6. The summed E-state index contributed by atoms with van der Waals surface area (Å²) in [4.78, 5) is 24.3. The third kappa shape index (κ3) is 4.43. The molecule has 0 atom stereocenters. The van der Waals surface area contributed by atoms with Gasteiger partial charge < -0.3 is 5.32 Å². The summed E-state index contributed by atoms with van der Waals surface area (Å²) in [6.45, 7) is 0.388. The third-order valence-electron chi connectivity index (χ3n) is 4.12. The highest BCUT2D eigenvalue weighted by Gasteiger charge is 2.37. The zero-order valence-corrected chi connectivity index (χ0v) is 16.4. The van der Waals surface area contributed by atoms with Gasteiger partial charge in [-0.05, 0) is 42.3 Å². The number of benzene rings is 2. The number of nitrogens with zero attached hydrogens (tertiary/aromatic N) is 1. The van der Waals surface area contributed by atoms with E-state index in [4.69, 9.17) is 23.2 Å². The van der Waals surface area contributed by atoms with Crippen LogP contribution < -0.4 is 9.62 Å². The zero-order valence-electron chi connectivity index (χ0n) is 14.1. The molecule has 0 aliphatic carbocycles. The van der Waals surface area contributed by atoms with Crippen LogP contribution in [0.1, 0.15) is 22.3 Å². The van der Waals surface area contributed by atoms with Crippen molar-refractivity contribution in [2.24, 2.45) is 0 Å². The van der Waals surface area contributed by atoms with Crippen LogP contribution in [0.3, 0.4) is 0 Å². The highest BCUT2D eigenvalue weighted by Crippen LogP contribution is 2.32. The maximum Gasteiger partial charge on any atom is 0.251 e. The molecule has 0 spiro atoms. The summed E-state index contributed by atoms with van der Waals surface area (Å²) in [5, 5.41) is 3.49. The first-order chi connectivity index (χ1) is 12.8. The Morgan fingerprint density at radius 3 is 2.44 bits per heavy atom. The molecule has 0 radical (unpaired) electrons. The summed E-state index contributed by atoms with van der Waals surface area (Å²) >= 11 is 11.9. The fourth-order valence-corrected chi connectivity index (χ4v) is 4.58. The molecule has 0 unspecified atom stereocenters. The molecular formula is C18H16Cl2N2O4S. The van der Waals surface area contributed by atoms with Gasteiger partial charge in [0.2, 0.25) is 15.9 Å². The minimum Gasteiger partial charge on any atom is -0.352 e. The van der Waals surface area contributed by atoms with Gasteiger partial charge in [0.25, 0.3) is 5.91 Å². The maximum atomic E-state index is 12.4. The van der Waals surface area contributed by atoms with Gasteiger partial charge in [-0.25, -0.2) is 12.7 Å². The number of sulfonamides is 1. The van der Waals surface area contributed by atoms with Gasteiger partial charge in [-0.3, -0.25) is 9.59 Å². The van der Waals surface area contributed by atoms with E-state index in [1.807, 2.05) is 12.1 Å². The van der Waals surface area contributed by atoms with Crippen molar-refractivity contribution in [2.45, 2.75) is 12.8 Å². The molecule has 1 N–H and O–H groups in total. The van der Waals surface area contributed by atoms with Crippen molar-refractivity contribution in [1.29, 1.82) is 0 Å². The average molecular weight is 427 g/mol. The highest BCUT2D eigenvalue weighted by atomic mass is 35.5. The number of hydrogen-bond acceptors (Lipinski definition) is 4. The van der Waals surface area contributed by atoms with Crippen molar-refractivity contribution in [3.8, 4) is 0 Å². The summed E-state index contributed by atoms with van der Waals surface area (Å²) in [7, 11) is -3.75. The predicted octanol–water partition coefficient (Wildman–Crippen LogP) is 3.03. The molecule has 6 nitrogen and oxygen atoms in total. The molecule has 1 heterocycles. The van der Waals surface area contributed by atoms with E-state index in [1.54, 1.807) is 12.1 Å². The molecule has 9 heteroatoms. The lowest BCUT2D eigenvalue weighted by Crippen LogP contribution is -2.30. The van der Waals surface area contributed by atoms with Gasteiger partial charge in [-0.2, -0.15) is 0 Å². The number of amides is 2. The first kappa shape index (κ1) is 19.7. The number of carbonyl (C=O) groups is 2. The monoisotopic (exact) mass is 426 g/mol. The summed E-state index contributed by atoms with van der Waals surface area (Å²) in [5.74, 6) is -1.21. The van der Waals surface area contributed by atoms with Crippen LogP contribution in [0, 0.1) is 0 Å². The summed E-state index contributed by atoms with van der Waals surface area (Å²) in [6, 6.07) is 11.5.